The number of benzene rings is 2. The first-order valence-corrected chi connectivity index (χ1v) is 11.7. The number of ether oxygens (including phenoxy) is 2. The van der Waals surface area contributed by atoms with Gasteiger partial charge in [-0.1, -0.05) is 36.1 Å². The number of hydrogen-bond donors (Lipinski definition) is 1. The Hall–Kier alpha value is -3.65. The number of amides is 1. The number of hydrogen-bond acceptors (Lipinski definition) is 6. The fourth-order valence-corrected chi connectivity index (χ4v) is 5.11. The van der Waals surface area contributed by atoms with E-state index in [9.17, 15) is 4.79 Å². The van der Waals surface area contributed by atoms with Gasteiger partial charge in [0.15, 0.2) is 0 Å². The Labute approximate surface area is 195 Å². The van der Waals surface area contributed by atoms with Crippen molar-refractivity contribution in [3.63, 3.8) is 0 Å². The lowest BCUT2D eigenvalue weighted by Gasteiger charge is -2.24. The van der Waals surface area contributed by atoms with Gasteiger partial charge in [-0.2, -0.15) is 9.78 Å². The summed E-state index contributed by atoms with van der Waals surface area (Å²) in [5.74, 6) is 2.14. The van der Waals surface area contributed by atoms with Crippen molar-refractivity contribution in [2.24, 2.45) is 0 Å². The molecule has 4 aromatic rings. The molecule has 3 heterocycles. The van der Waals surface area contributed by atoms with Gasteiger partial charge in [0.2, 0.25) is 11.0 Å². The fraction of sp³-hybridized carbons (Fsp3) is 0.240. The van der Waals surface area contributed by atoms with E-state index in [0.717, 1.165) is 38.5 Å². The summed E-state index contributed by atoms with van der Waals surface area (Å²) in [6.07, 6.45) is 2.08. The molecule has 2 aromatic heterocycles. The lowest BCUT2D eigenvalue weighted by Crippen LogP contribution is -2.24. The molecule has 1 N–H and O–H groups in total. The molecule has 1 aliphatic heterocycles. The largest absolute Gasteiger partial charge is 0.494 e. The number of rotatable bonds is 7. The smallest absolute Gasteiger partial charge is 0.226 e. The highest BCUT2D eigenvalue weighted by atomic mass is 32.1. The number of anilines is 1. The fourth-order valence-electron chi connectivity index (χ4n) is 4.16. The van der Waals surface area contributed by atoms with Crippen molar-refractivity contribution in [1.29, 1.82) is 0 Å². The van der Waals surface area contributed by atoms with Crippen LogP contribution in [-0.4, -0.2) is 33.9 Å². The molecule has 0 unspecified atom stereocenters. The van der Waals surface area contributed by atoms with Gasteiger partial charge in [-0.3, -0.25) is 4.79 Å². The molecule has 1 aliphatic rings. The number of fused-ring (bicyclic) bond motifs is 2. The van der Waals surface area contributed by atoms with E-state index in [0.29, 0.717) is 30.6 Å². The number of aryl methyl sites for hydroxylation is 1. The van der Waals surface area contributed by atoms with Crippen LogP contribution in [0.2, 0.25) is 0 Å². The minimum atomic E-state index is -0.0881. The van der Waals surface area contributed by atoms with Crippen molar-refractivity contribution < 1.29 is 14.3 Å². The van der Waals surface area contributed by atoms with Gasteiger partial charge in [0.05, 0.1) is 22.5 Å². The van der Waals surface area contributed by atoms with Crippen molar-refractivity contribution in [2.75, 3.05) is 18.5 Å². The molecule has 2 aromatic carbocycles. The maximum absolute atomic E-state index is 12.7. The summed E-state index contributed by atoms with van der Waals surface area (Å²) in [4.78, 5) is 17.4. The van der Waals surface area contributed by atoms with Crippen LogP contribution in [0.25, 0.3) is 15.3 Å². The van der Waals surface area contributed by atoms with Crippen LogP contribution in [0.15, 0.2) is 55.1 Å². The van der Waals surface area contributed by atoms with Crippen molar-refractivity contribution in [1.82, 2.24) is 14.8 Å². The van der Waals surface area contributed by atoms with Gasteiger partial charge in [0.1, 0.15) is 23.9 Å². The molecular formula is C25H24N4O3S. The molecule has 1 amide bonds. The van der Waals surface area contributed by atoms with Crippen molar-refractivity contribution >= 4 is 33.3 Å². The minimum absolute atomic E-state index is 0.0413. The quantitative estimate of drug-likeness (QED) is 0.382. The lowest BCUT2D eigenvalue weighted by atomic mass is 9.86. The summed E-state index contributed by atoms with van der Waals surface area (Å²) in [6.45, 7) is 8.67. The highest BCUT2D eigenvalue weighted by molar-refractivity contribution is 7.20. The number of nitrogens with zero attached hydrogens (tertiary/aromatic N) is 3. The predicted molar refractivity (Wildman–Crippen MR) is 130 cm³/mol. The average molecular weight is 461 g/mol. The molecule has 1 atom stereocenters. The molecule has 7 nitrogen and oxygen atoms in total. The number of nitrogens with one attached hydrogen (secondary N) is 1. The molecule has 168 valence electrons. The average Bonchev–Trinajstić information content (AvgIpc) is 3.38. The Morgan fingerprint density at radius 1 is 1.21 bits per heavy atom. The maximum Gasteiger partial charge on any atom is 0.226 e. The number of aromatic nitrogens is 3. The number of thiazole rings is 1. The minimum Gasteiger partial charge on any atom is -0.494 e. The monoisotopic (exact) mass is 460 g/mol. The molecule has 8 heteroatoms. The Morgan fingerprint density at radius 3 is 2.76 bits per heavy atom. The molecule has 5 rings (SSSR count). The third-order valence-electron chi connectivity index (χ3n) is 5.59. The zero-order valence-corrected chi connectivity index (χ0v) is 19.3. The van der Waals surface area contributed by atoms with Crippen LogP contribution in [0.4, 0.5) is 5.82 Å². The molecule has 0 radical (unpaired) electrons. The van der Waals surface area contributed by atoms with Crippen LogP contribution in [-0.2, 0) is 4.79 Å². The van der Waals surface area contributed by atoms with Crippen molar-refractivity contribution in [3.05, 3.63) is 71.9 Å². The zero-order chi connectivity index (χ0) is 22.9. The van der Waals surface area contributed by atoms with E-state index >= 15 is 0 Å². The molecule has 0 saturated carbocycles. The third kappa shape index (κ3) is 3.98. The van der Waals surface area contributed by atoms with Crippen molar-refractivity contribution in [3.8, 4) is 16.6 Å². The van der Waals surface area contributed by atoms with Gasteiger partial charge in [-0.05, 0) is 49.7 Å². The predicted octanol–water partition coefficient (Wildman–Crippen LogP) is 5.23. The summed E-state index contributed by atoms with van der Waals surface area (Å²) in [6, 6.07) is 13.7. The van der Waals surface area contributed by atoms with Gasteiger partial charge in [0.25, 0.3) is 0 Å². The van der Waals surface area contributed by atoms with E-state index in [1.54, 1.807) is 10.8 Å². The first-order chi connectivity index (χ1) is 16.1. The number of carbonyl (C=O) groups is 1. The summed E-state index contributed by atoms with van der Waals surface area (Å²) < 4.78 is 14.0. The van der Waals surface area contributed by atoms with Gasteiger partial charge in [-0.25, -0.2) is 4.98 Å². The van der Waals surface area contributed by atoms with Gasteiger partial charge in [0, 0.05) is 17.9 Å². The lowest BCUT2D eigenvalue weighted by molar-refractivity contribution is -0.116. The summed E-state index contributed by atoms with van der Waals surface area (Å²) in [5, 5.41) is 8.50. The topological polar surface area (TPSA) is 78.3 Å². The Bertz CT molecular complexity index is 1340. The molecule has 33 heavy (non-hydrogen) atoms. The summed E-state index contributed by atoms with van der Waals surface area (Å²) in [5.41, 5.74) is 3.80. The van der Waals surface area contributed by atoms with E-state index < -0.39 is 0 Å². The zero-order valence-electron chi connectivity index (χ0n) is 18.5. The molecule has 0 fully saturated rings. The van der Waals surface area contributed by atoms with Crippen LogP contribution in [0, 0.1) is 6.92 Å². The van der Waals surface area contributed by atoms with Crippen LogP contribution in [0.3, 0.4) is 0 Å². The highest BCUT2D eigenvalue weighted by Gasteiger charge is 2.33. The van der Waals surface area contributed by atoms with Gasteiger partial charge < -0.3 is 14.8 Å². The van der Waals surface area contributed by atoms with Crippen LogP contribution < -0.4 is 14.8 Å². The molecule has 0 saturated heterocycles. The maximum atomic E-state index is 12.7. The first kappa shape index (κ1) is 21.2. The van der Waals surface area contributed by atoms with Gasteiger partial charge in [-0.15, -0.1) is 0 Å². The SMILES string of the molecule is C=CCOc1ccc([C@@H]2CC(=O)Nc3c2c(C)nn3-c2nc3ccc(OCC)cc3s2)cc1. The standard InChI is InChI=1S/C25H24N4O3S/c1-4-12-32-17-8-6-16(7-9-17)19-14-22(30)27-24-23(19)15(3)28-29(24)25-26-20-11-10-18(31-5-2)13-21(20)33-25/h4,6-11,13,19H,1,5,12,14H2,2-3H3,(H,27,30)/t19-/m0/s1. The molecule has 0 aliphatic carbocycles. The van der Waals surface area contributed by atoms with E-state index in [1.807, 2.05) is 56.3 Å². The first-order valence-electron chi connectivity index (χ1n) is 10.8. The third-order valence-corrected chi connectivity index (χ3v) is 6.59. The highest BCUT2D eigenvalue weighted by Crippen LogP contribution is 2.41. The normalized spacial score (nSPS) is 15.2. The van der Waals surface area contributed by atoms with Crippen molar-refractivity contribution in [2.45, 2.75) is 26.2 Å². The van der Waals surface area contributed by atoms with Crippen LogP contribution in [0.5, 0.6) is 11.5 Å². The summed E-state index contributed by atoms with van der Waals surface area (Å²) in [7, 11) is 0. The number of carbonyl (C=O) groups excluding carboxylic acids is 1. The van der Waals surface area contributed by atoms with E-state index in [-0.39, 0.29) is 11.8 Å². The second-order valence-corrected chi connectivity index (χ2v) is 8.80. The molecule has 0 bridgehead atoms. The molecule has 0 spiro atoms. The second kappa shape index (κ2) is 8.71. The Morgan fingerprint density at radius 2 is 2.00 bits per heavy atom. The van der Waals surface area contributed by atoms with E-state index in [2.05, 4.69) is 11.9 Å². The van der Waals surface area contributed by atoms with E-state index in [4.69, 9.17) is 19.6 Å². The van der Waals surface area contributed by atoms with Crippen LogP contribution >= 0.6 is 11.3 Å². The molecular weight excluding hydrogens is 436 g/mol. The van der Waals surface area contributed by atoms with E-state index in [1.165, 1.54) is 11.3 Å². The Kier molecular flexibility index (Phi) is 5.60. The second-order valence-electron chi connectivity index (χ2n) is 7.79. The Balaban J connectivity index is 1.54. The van der Waals surface area contributed by atoms with Crippen LogP contribution in [0.1, 0.15) is 36.1 Å². The summed E-state index contributed by atoms with van der Waals surface area (Å²) >= 11 is 1.52. The van der Waals surface area contributed by atoms with Gasteiger partial charge >= 0.3 is 0 Å².